The minimum Gasteiger partial charge on any atom is -0.465 e. The van der Waals surface area contributed by atoms with Crippen molar-refractivity contribution in [2.75, 3.05) is 19.8 Å². The van der Waals surface area contributed by atoms with E-state index in [0.717, 1.165) is 5.06 Å². The van der Waals surface area contributed by atoms with Gasteiger partial charge < -0.3 is 14.3 Å². The van der Waals surface area contributed by atoms with Crippen LogP contribution in [0, 0.1) is 11.3 Å². The molecule has 0 aliphatic heterocycles. The molecule has 0 fully saturated rings. The van der Waals surface area contributed by atoms with Gasteiger partial charge in [-0.2, -0.15) is 5.06 Å². The third-order valence-electron chi connectivity index (χ3n) is 2.62. The molecule has 0 radical (unpaired) electrons. The highest BCUT2D eigenvalue weighted by atomic mass is 16.7. The molecule has 0 saturated carbocycles. The predicted octanol–water partition coefficient (Wildman–Crippen LogP) is 1.82. The van der Waals surface area contributed by atoms with Crippen LogP contribution in [-0.2, 0) is 23.9 Å². The van der Waals surface area contributed by atoms with Gasteiger partial charge in [-0.15, -0.1) is 0 Å². The maximum Gasteiger partial charge on any atom is 0.414 e. The third-order valence-corrected chi connectivity index (χ3v) is 2.62. The lowest BCUT2D eigenvalue weighted by atomic mass is 10.2. The summed E-state index contributed by atoms with van der Waals surface area (Å²) >= 11 is 0. The summed E-state index contributed by atoms with van der Waals surface area (Å²) in [6, 6.07) is 0. The summed E-state index contributed by atoms with van der Waals surface area (Å²) in [6.07, 6.45) is 0.905. The SMILES string of the molecule is CCCN(OC(C)=O)C(=N)NC(=O)OCCCCOC(=O)C(C)C. The number of hydrogen-bond donors (Lipinski definition) is 2. The van der Waals surface area contributed by atoms with Crippen LogP contribution in [0.15, 0.2) is 0 Å². The number of hydroxylamine groups is 2. The molecule has 0 saturated heterocycles. The van der Waals surface area contributed by atoms with Crippen molar-refractivity contribution >= 4 is 24.0 Å². The standard InChI is InChI=1S/C15H27N3O6/c1-5-8-18(24-12(4)19)14(16)17-15(21)23-10-7-6-9-22-13(20)11(2)3/h11H,5-10H2,1-4H3,(H2,16,17,21). The number of nitrogens with zero attached hydrogens (tertiary/aromatic N) is 1. The number of amides is 1. The van der Waals surface area contributed by atoms with Crippen molar-refractivity contribution in [1.29, 1.82) is 5.41 Å². The van der Waals surface area contributed by atoms with Crippen LogP contribution in [0.4, 0.5) is 4.79 Å². The smallest absolute Gasteiger partial charge is 0.414 e. The Hall–Kier alpha value is -2.32. The van der Waals surface area contributed by atoms with Crippen molar-refractivity contribution in [2.24, 2.45) is 5.92 Å². The number of hydrogen-bond acceptors (Lipinski definition) is 7. The van der Waals surface area contributed by atoms with Gasteiger partial charge >= 0.3 is 18.0 Å². The number of rotatable bonds is 8. The molecule has 0 aromatic carbocycles. The van der Waals surface area contributed by atoms with E-state index in [-0.39, 0.29) is 37.6 Å². The first-order chi connectivity index (χ1) is 11.3. The number of alkyl carbamates (subject to hydrolysis) is 1. The molecule has 0 bridgehead atoms. The van der Waals surface area contributed by atoms with E-state index >= 15 is 0 Å². The van der Waals surface area contributed by atoms with Crippen molar-refractivity contribution in [3.8, 4) is 0 Å². The Morgan fingerprint density at radius 1 is 1.12 bits per heavy atom. The fourth-order valence-electron chi connectivity index (χ4n) is 1.46. The molecule has 1 amide bonds. The molecule has 0 aliphatic carbocycles. The number of guanidine groups is 1. The predicted molar refractivity (Wildman–Crippen MR) is 86.0 cm³/mol. The van der Waals surface area contributed by atoms with E-state index in [4.69, 9.17) is 19.7 Å². The zero-order valence-corrected chi connectivity index (χ0v) is 14.7. The Morgan fingerprint density at radius 3 is 2.21 bits per heavy atom. The zero-order valence-electron chi connectivity index (χ0n) is 14.7. The fraction of sp³-hybridized carbons (Fsp3) is 0.733. The van der Waals surface area contributed by atoms with Gasteiger partial charge in [-0.25, -0.2) is 4.79 Å². The summed E-state index contributed by atoms with van der Waals surface area (Å²) in [5.74, 6) is -1.38. The number of esters is 1. The Labute approximate surface area is 142 Å². The van der Waals surface area contributed by atoms with Crippen molar-refractivity contribution in [3.05, 3.63) is 0 Å². The molecular formula is C15H27N3O6. The normalized spacial score (nSPS) is 10.0. The average molecular weight is 345 g/mol. The second-order valence-corrected chi connectivity index (χ2v) is 5.32. The molecule has 24 heavy (non-hydrogen) atoms. The van der Waals surface area contributed by atoms with Gasteiger partial charge in [0.15, 0.2) is 0 Å². The molecule has 0 rings (SSSR count). The lowest BCUT2D eigenvalue weighted by molar-refractivity contribution is -0.170. The van der Waals surface area contributed by atoms with Gasteiger partial charge in [0, 0.05) is 6.92 Å². The fourth-order valence-corrected chi connectivity index (χ4v) is 1.46. The molecular weight excluding hydrogens is 318 g/mol. The van der Waals surface area contributed by atoms with Crippen molar-refractivity contribution in [1.82, 2.24) is 10.4 Å². The van der Waals surface area contributed by atoms with Gasteiger partial charge in [-0.1, -0.05) is 20.8 Å². The molecule has 138 valence electrons. The Bertz CT molecular complexity index is 439. The molecule has 0 atom stereocenters. The van der Waals surface area contributed by atoms with Crippen LogP contribution in [0.5, 0.6) is 0 Å². The van der Waals surface area contributed by atoms with E-state index in [2.05, 4.69) is 5.32 Å². The summed E-state index contributed by atoms with van der Waals surface area (Å²) in [5, 5.41) is 10.8. The van der Waals surface area contributed by atoms with E-state index in [1.54, 1.807) is 13.8 Å². The molecule has 2 N–H and O–H groups in total. The van der Waals surface area contributed by atoms with Crippen LogP contribution >= 0.6 is 0 Å². The lowest BCUT2D eigenvalue weighted by Gasteiger charge is -2.21. The molecule has 0 heterocycles. The number of carbonyl (C=O) groups is 3. The highest BCUT2D eigenvalue weighted by Gasteiger charge is 2.15. The van der Waals surface area contributed by atoms with Gasteiger partial charge in [0.25, 0.3) is 0 Å². The van der Waals surface area contributed by atoms with Crippen molar-refractivity contribution in [3.63, 3.8) is 0 Å². The summed E-state index contributed by atoms with van der Waals surface area (Å²) in [4.78, 5) is 38.5. The van der Waals surface area contributed by atoms with E-state index in [1.165, 1.54) is 6.92 Å². The highest BCUT2D eigenvalue weighted by Crippen LogP contribution is 1.99. The van der Waals surface area contributed by atoms with Crippen LogP contribution in [0.1, 0.15) is 47.0 Å². The number of ether oxygens (including phenoxy) is 2. The Kier molecular flexibility index (Phi) is 11.0. The molecule has 0 spiro atoms. The largest absolute Gasteiger partial charge is 0.465 e. The maximum atomic E-state index is 11.6. The summed E-state index contributed by atoms with van der Waals surface area (Å²) in [5.41, 5.74) is 0. The maximum absolute atomic E-state index is 11.6. The van der Waals surface area contributed by atoms with Gasteiger partial charge in [0.1, 0.15) is 0 Å². The van der Waals surface area contributed by atoms with Crippen LogP contribution in [-0.4, -0.2) is 48.8 Å². The van der Waals surface area contributed by atoms with Crippen LogP contribution < -0.4 is 5.32 Å². The zero-order chi connectivity index (χ0) is 18.5. The second kappa shape index (κ2) is 12.1. The average Bonchev–Trinajstić information content (AvgIpc) is 2.49. The number of nitrogens with one attached hydrogen (secondary N) is 2. The molecule has 9 nitrogen and oxygen atoms in total. The van der Waals surface area contributed by atoms with Crippen LogP contribution in [0.3, 0.4) is 0 Å². The van der Waals surface area contributed by atoms with Crippen LogP contribution in [0.25, 0.3) is 0 Å². The lowest BCUT2D eigenvalue weighted by Crippen LogP contribution is -2.44. The van der Waals surface area contributed by atoms with E-state index in [9.17, 15) is 14.4 Å². The first-order valence-corrected chi connectivity index (χ1v) is 7.92. The van der Waals surface area contributed by atoms with Crippen LogP contribution in [0.2, 0.25) is 0 Å². The van der Waals surface area contributed by atoms with Gasteiger partial charge in [0.2, 0.25) is 5.96 Å². The van der Waals surface area contributed by atoms with E-state index in [0.29, 0.717) is 19.3 Å². The molecule has 0 aliphatic rings. The van der Waals surface area contributed by atoms with Gasteiger partial charge in [0.05, 0.1) is 25.7 Å². The second-order valence-electron chi connectivity index (χ2n) is 5.32. The van der Waals surface area contributed by atoms with Gasteiger partial charge in [-0.05, 0) is 19.3 Å². The summed E-state index contributed by atoms with van der Waals surface area (Å²) in [7, 11) is 0. The highest BCUT2D eigenvalue weighted by molar-refractivity contribution is 5.92. The van der Waals surface area contributed by atoms with E-state index in [1.807, 2.05) is 6.92 Å². The first kappa shape index (κ1) is 21.7. The third kappa shape index (κ3) is 10.4. The Morgan fingerprint density at radius 2 is 1.71 bits per heavy atom. The van der Waals surface area contributed by atoms with Gasteiger partial charge in [-0.3, -0.25) is 20.3 Å². The monoisotopic (exact) mass is 345 g/mol. The number of unbranched alkanes of at least 4 members (excludes halogenated alkanes) is 1. The van der Waals surface area contributed by atoms with Crippen molar-refractivity contribution < 1.29 is 28.7 Å². The van der Waals surface area contributed by atoms with E-state index < -0.39 is 12.1 Å². The molecule has 0 unspecified atom stereocenters. The number of carbonyl (C=O) groups excluding carboxylic acids is 3. The molecule has 0 aromatic rings. The minimum absolute atomic E-state index is 0.125. The minimum atomic E-state index is -0.813. The topological polar surface area (TPSA) is 118 Å². The summed E-state index contributed by atoms with van der Waals surface area (Å²) in [6.45, 7) is 7.23. The first-order valence-electron chi connectivity index (χ1n) is 7.92. The molecule has 9 heteroatoms. The van der Waals surface area contributed by atoms with Crippen molar-refractivity contribution in [2.45, 2.75) is 47.0 Å². The summed E-state index contributed by atoms with van der Waals surface area (Å²) < 4.78 is 9.89. The Balaban J connectivity index is 3.93. The molecule has 0 aromatic heterocycles. The quantitative estimate of drug-likeness (QED) is 0.226.